The fourth-order valence-corrected chi connectivity index (χ4v) is 1.36. The van der Waals surface area contributed by atoms with Crippen LogP contribution in [-0.4, -0.2) is 11.3 Å². The number of rotatable bonds is 4. The third-order valence-corrected chi connectivity index (χ3v) is 2.35. The van der Waals surface area contributed by atoms with Crippen LogP contribution in [0.1, 0.15) is 22.3 Å². The van der Waals surface area contributed by atoms with Gasteiger partial charge in [0.1, 0.15) is 0 Å². The van der Waals surface area contributed by atoms with Crippen LogP contribution in [0.5, 0.6) is 0 Å². The molecular weight excluding hydrogens is 255 g/mol. The van der Waals surface area contributed by atoms with E-state index in [4.69, 9.17) is 0 Å². The van der Waals surface area contributed by atoms with E-state index < -0.39 is 5.97 Å². The Morgan fingerprint density at radius 1 is 1.29 bits per heavy atom. The summed E-state index contributed by atoms with van der Waals surface area (Å²) in [4.78, 5) is 10.4. The van der Waals surface area contributed by atoms with Crippen molar-refractivity contribution in [2.24, 2.45) is 0 Å². The van der Waals surface area contributed by atoms with E-state index in [1.807, 2.05) is 12.1 Å². The first kappa shape index (κ1) is 14.2. The molecule has 0 unspecified atom stereocenters. The average molecular weight is 265 g/mol. The number of carbonyl (C=O) groups excluding carboxylic acids is 1. The van der Waals surface area contributed by atoms with E-state index in [0.29, 0.717) is 0 Å². The Bertz CT molecular complexity index is 285. The van der Waals surface area contributed by atoms with Gasteiger partial charge < -0.3 is 9.90 Å². The van der Waals surface area contributed by atoms with Crippen LogP contribution in [-0.2, 0) is 6.42 Å². The number of aromatic carboxylic acids is 1. The predicted molar refractivity (Wildman–Crippen MR) is 52.9 cm³/mol. The van der Waals surface area contributed by atoms with E-state index in [9.17, 15) is 9.90 Å². The fourth-order valence-electron chi connectivity index (χ4n) is 1.08. The molecule has 0 saturated heterocycles. The molecule has 0 bridgehead atoms. The maximum Gasteiger partial charge on any atom is 1.00 e. The van der Waals surface area contributed by atoms with Crippen molar-refractivity contribution in [1.29, 1.82) is 0 Å². The van der Waals surface area contributed by atoms with E-state index in [-0.39, 0.29) is 35.1 Å². The summed E-state index contributed by atoms with van der Waals surface area (Å²) in [6, 6.07) is 6.82. The molecule has 0 spiro atoms. The average Bonchev–Trinajstić information content (AvgIpc) is 2.15. The first-order chi connectivity index (χ1) is 6.24. The number of hydrogen-bond acceptors (Lipinski definition) is 2. The Morgan fingerprint density at radius 3 is 2.29 bits per heavy atom. The van der Waals surface area contributed by atoms with E-state index >= 15 is 0 Å². The summed E-state index contributed by atoms with van der Waals surface area (Å²) in [5.74, 6) is -1.12. The molecule has 1 rings (SSSR count). The molecule has 2 nitrogen and oxygen atoms in total. The molecule has 0 heterocycles. The molecule has 0 aliphatic heterocycles. The van der Waals surface area contributed by atoms with Crippen LogP contribution in [0, 0.1) is 0 Å². The maximum absolute atomic E-state index is 10.4. The second-order valence-corrected chi connectivity index (χ2v) is 3.57. The first-order valence-electron chi connectivity index (χ1n) is 4.10. The monoisotopic (exact) mass is 264 g/mol. The Kier molecular flexibility index (Phi) is 7.55. The second-order valence-electron chi connectivity index (χ2n) is 2.78. The Balaban J connectivity index is 0.00000169. The van der Waals surface area contributed by atoms with Crippen molar-refractivity contribution in [2.45, 2.75) is 12.8 Å². The van der Waals surface area contributed by atoms with Crippen LogP contribution in [0.25, 0.3) is 0 Å². The van der Waals surface area contributed by atoms with Crippen molar-refractivity contribution in [3.05, 3.63) is 35.4 Å². The maximum atomic E-state index is 10.4. The fraction of sp³-hybridized carbons (Fsp3) is 0.300. The van der Waals surface area contributed by atoms with Gasteiger partial charge in [-0.3, -0.25) is 0 Å². The molecule has 1 aromatic carbocycles. The van der Waals surface area contributed by atoms with Crippen molar-refractivity contribution >= 4 is 21.9 Å². The van der Waals surface area contributed by atoms with Crippen molar-refractivity contribution in [3.8, 4) is 0 Å². The minimum Gasteiger partial charge on any atom is -0.545 e. The van der Waals surface area contributed by atoms with Crippen LogP contribution in [0.4, 0.5) is 0 Å². The molecule has 0 fully saturated rings. The van der Waals surface area contributed by atoms with Crippen molar-refractivity contribution in [3.63, 3.8) is 0 Å². The Labute approximate surface area is 114 Å². The number of alkyl halides is 1. The molecule has 0 radical (unpaired) electrons. The van der Waals surface area contributed by atoms with E-state index in [1.165, 1.54) is 0 Å². The normalized spacial score (nSPS) is 9.21. The third kappa shape index (κ3) is 4.60. The Morgan fingerprint density at radius 2 is 1.86 bits per heavy atom. The number of carbonyl (C=O) groups is 1. The van der Waals surface area contributed by atoms with Gasteiger partial charge in [0.05, 0.1) is 5.97 Å². The van der Waals surface area contributed by atoms with Gasteiger partial charge in [-0.15, -0.1) is 0 Å². The molecule has 0 aromatic heterocycles. The topological polar surface area (TPSA) is 40.1 Å². The summed E-state index contributed by atoms with van der Waals surface area (Å²) >= 11 is 3.34. The molecule has 0 aliphatic rings. The summed E-state index contributed by atoms with van der Waals surface area (Å²) in [7, 11) is 0. The molecule has 0 saturated carbocycles. The SMILES string of the molecule is O=C([O-])c1ccc(CCCBr)cc1.[Na+]. The molecular formula is C10H10BrNaO2. The van der Waals surface area contributed by atoms with E-state index in [1.54, 1.807) is 12.1 Å². The molecule has 4 heteroatoms. The molecule has 1 aromatic rings. The minimum atomic E-state index is -1.12. The van der Waals surface area contributed by atoms with Gasteiger partial charge in [-0.25, -0.2) is 0 Å². The van der Waals surface area contributed by atoms with Crippen LogP contribution in [0.2, 0.25) is 0 Å². The quantitative estimate of drug-likeness (QED) is 0.485. The van der Waals surface area contributed by atoms with E-state index in [0.717, 1.165) is 23.7 Å². The zero-order valence-electron chi connectivity index (χ0n) is 8.13. The van der Waals surface area contributed by atoms with Gasteiger partial charge in [0.2, 0.25) is 0 Å². The molecule has 0 atom stereocenters. The van der Waals surface area contributed by atoms with Crippen molar-refractivity contribution < 1.29 is 39.5 Å². The largest absolute Gasteiger partial charge is 1.00 e. The van der Waals surface area contributed by atoms with E-state index in [2.05, 4.69) is 15.9 Å². The summed E-state index contributed by atoms with van der Waals surface area (Å²) < 4.78 is 0. The predicted octanol–water partition coefficient (Wildman–Crippen LogP) is -1.62. The van der Waals surface area contributed by atoms with Gasteiger partial charge in [-0.2, -0.15) is 0 Å². The number of benzene rings is 1. The number of halogens is 1. The summed E-state index contributed by atoms with van der Waals surface area (Å²) in [6.07, 6.45) is 2.03. The zero-order valence-corrected chi connectivity index (χ0v) is 11.7. The van der Waals surface area contributed by atoms with Crippen LogP contribution in [0.3, 0.4) is 0 Å². The minimum absolute atomic E-state index is 0. The van der Waals surface area contributed by atoms with Gasteiger partial charge in [0, 0.05) is 5.33 Å². The summed E-state index contributed by atoms with van der Waals surface area (Å²) in [6.45, 7) is 0. The molecule has 0 amide bonds. The molecule has 14 heavy (non-hydrogen) atoms. The third-order valence-electron chi connectivity index (χ3n) is 1.79. The standard InChI is InChI=1S/C10H11BrO2.Na/c11-7-1-2-8-3-5-9(6-4-8)10(12)13;/h3-6H,1-2,7H2,(H,12,13);/q;+1/p-1. The van der Waals surface area contributed by atoms with Crippen LogP contribution >= 0.6 is 15.9 Å². The number of aryl methyl sites for hydroxylation is 1. The molecule has 0 N–H and O–H groups in total. The van der Waals surface area contributed by atoms with Gasteiger partial charge in [-0.05, 0) is 24.0 Å². The summed E-state index contributed by atoms with van der Waals surface area (Å²) in [5.41, 5.74) is 1.40. The zero-order chi connectivity index (χ0) is 9.68. The van der Waals surface area contributed by atoms with Crippen LogP contribution in [0.15, 0.2) is 24.3 Å². The number of carboxylic acid groups (broad SMARTS) is 1. The van der Waals surface area contributed by atoms with Gasteiger partial charge in [0.25, 0.3) is 0 Å². The van der Waals surface area contributed by atoms with Gasteiger partial charge in [0.15, 0.2) is 0 Å². The molecule has 70 valence electrons. The van der Waals surface area contributed by atoms with Gasteiger partial charge >= 0.3 is 29.6 Å². The van der Waals surface area contributed by atoms with Crippen molar-refractivity contribution in [1.82, 2.24) is 0 Å². The second kappa shape index (κ2) is 7.46. The van der Waals surface area contributed by atoms with Gasteiger partial charge in [-0.1, -0.05) is 40.2 Å². The van der Waals surface area contributed by atoms with Crippen LogP contribution < -0.4 is 34.7 Å². The summed E-state index contributed by atoms with van der Waals surface area (Å²) in [5, 5.41) is 11.4. The smallest absolute Gasteiger partial charge is 0.545 e. The number of hydrogen-bond donors (Lipinski definition) is 0. The van der Waals surface area contributed by atoms with Crippen molar-refractivity contribution in [2.75, 3.05) is 5.33 Å². The number of carboxylic acids is 1. The Hall–Kier alpha value is 0.170. The first-order valence-corrected chi connectivity index (χ1v) is 5.22. The molecule has 0 aliphatic carbocycles.